The summed E-state index contributed by atoms with van der Waals surface area (Å²) < 4.78 is 5.27. The van der Waals surface area contributed by atoms with Gasteiger partial charge in [-0.2, -0.15) is 5.10 Å². The summed E-state index contributed by atoms with van der Waals surface area (Å²) in [5, 5.41) is 23.5. The van der Waals surface area contributed by atoms with Gasteiger partial charge in [0.15, 0.2) is 11.5 Å². The fourth-order valence-electron chi connectivity index (χ4n) is 3.22. The number of H-pyrrole nitrogens is 1. The second-order valence-electron chi connectivity index (χ2n) is 6.63. The molecule has 0 aliphatic carbocycles. The Hall–Kier alpha value is -2.19. The van der Waals surface area contributed by atoms with Crippen LogP contribution in [0.2, 0.25) is 0 Å². The van der Waals surface area contributed by atoms with Crippen LogP contribution in [-0.4, -0.2) is 57.0 Å². The molecular formula is C17H25N5O3. The number of hydrogen-bond acceptors (Lipinski definition) is 6. The lowest BCUT2D eigenvalue weighted by atomic mass is 10.1. The fourth-order valence-corrected chi connectivity index (χ4v) is 3.22. The number of aromatic nitrogens is 3. The van der Waals surface area contributed by atoms with Crippen molar-refractivity contribution in [2.75, 3.05) is 19.6 Å². The maximum absolute atomic E-state index is 12.2. The quantitative estimate of drug-likeness (QED) is 0.718. The van der Waals surface area contributed by atoms with Crippen LogP contribution in [0.25, 0.3) is 0 Å². The van der Waals surface area contributed by atoms with E-state index < -0.39 is 0 Å². The first kappa shape index (κ1) is 17.6. The first-order chi connectivity index (χ1) is 12.0. The van der Waals surface area contributed by atoms with E-state index in [9.17, 15) is 9.90 Å². The Kier molecular flexibility index (Phi) is 5.50. The van der Waals surface area contributed by atoms with Crippen molar-refractivity contribution in [3.8, 4) is 0 Å². The Morgan fingerprint density at radius 2 is 2.36 bits per heavy atom. The van der Waals surface area contributed by atoms with Crippen LogP contribution in [0.1, 0.15) is 46.0 Å². The molecule has 8 heteroatoms. The average Bonchev–Trinajstić information content (AvgIpc) is 3.16. The topological polar surface area (TPSA) is 107 Å². The summed E-state index contributed by atoms with van der Waals surface area (Å²) >= 11 is 0. The van der Waals surface area contributed by atoms with Crippen LogP contribution in [0.15, 0.2) is 10.6 Å². The van der Waals surface area contributed by atoms with E-state index in [-0.39, 0.29) is 17.7 Å². The van der Waals surface area contributed by atoms with Gasteiger partial charge in [0.25, 0.3) is 5.91 Å². The number of amides is 1. The molecule has 3 rings (SSSR count). The minimum Gasteiger partial charge on any atom is -0.392 e. The standard InChI is InChI=1S/C17H25N5O3/c1-11-15(12(2)20-19-11)5-6-18-17(24)16-8-14(25-21-16)10-22-7-3-4-13(23)9-22/h8,13,23H,3-7,9-10H2,1-2H3,(H,18,24)(H,19,20)/t13-/m0/s1. The highest BCUT2D eigenvalue weighted by Crippen LogP contribution is 2.14. The van der Waals surface area contributed by atoms with E-state index in [0.717, 1.165) is 42.8 Å². The lowest BCUT2D eigenvalue weighted by Crippen LogP contribution is -2.37. The van der Waals surface area contributed by atoms with Gasteiger partial charge < -0.3 is 14.9 Å². The molecule has 0 saturated carbocycles. The van der Waals surface area contributed by atoms with Gasteiger partial charge in [0.1, 0.15) is 0 Å². The van der Waals surface area contributed by atoms with Gasteiger partial charge in [-0.1, -0.05) is 5.16 Å². The Morgan fingerprint density at radius 3 is 3.08 bits per heavy atom. The summed E-state index contributed by atoms with van der Waals surface area (Å²) in [5.74, 6) is 0.397. The molecule has 1 saturated heterocycles. The maximum atomic E-state index is 12.2. The second kappa shape index (κ2) is 7.79. The van der Waals surface area contributed by atoms with Gasteiger partial charge in [-0.05, 0) is 45.2 Å². The predicted molar refractivity (Wildman–Crippen MR) is 91.1 cm³/mol. The molecule has 1 amide bonds. The Labute approximate surface area is 146 Å². The third-order valence-corrected chi connectivity index (χ3v) is 4.59. The highest BCUT2D eigenvalue weighted by molar-refractivity contribution is 5.92. The molecule has 0 unspecified atom stereocenters. The van der Waals surface area contributed by atoms with Crippen LogP contribution >= 0.6 is 0 Å². The van der Waals surface area contributed by atoms with Crippen LogP contribution < -0.4 is 5.32 Å². The van der Waals surface area contributed by atoms with Gasteiger partial charge in [-0.3, -0.25) is 14.8 Å². The number of aliphatic hydroxyl groups is 1. The SMILES string of the molecule is Cc1n[nH]c(C)c1CCNC(=O)c1cc(CN2CCC[C@H](O)C2)on1. The molecule has 0 bridgehead atoms. The molecule has 3 heterocycles. The first-order valence-electron chi connectivity index (χ1n) is 8.67. The highest BCUT2D eigenvalue weighted by atomic mass is 16.5. The number of rotatable bonds is 6. The number of hydrogen-bond donors (Lipinski definition) is 3. The summed E-state index contributed by atoms with van der Waals surface area (Å²) in [5.41, 5.74) is 3.40. The minimum atomic E-state index is -0.283. The monoisotopic (exact) mass is 347 g/mol. The number of nitrogens with zero attached hydrogens (tertiary/aromatic N) is 3. The molecule has 1 atom stereocenters. The van der Waals surface area contributed by atoms with Crippen LogP contribution in [0.5, 0.6) is 0 Å². The van der Waals surface area contributed by atoms with Gasteiger partial charge in [0.05, 0.1) is 18.3 Å². The summed E-state index contributed by atoms with van der Waals surface area (Å²) in [6, 6.07) is 1.67. The van der Waals surface area contributed by atoms with E-state index in [4.69, 9.17) is 4.52 Å². The zero-order valence-electron chi connectivity index (χ0n) is 14.7. The van der Waals surface area contributed by atoms with E-state index in [1.807, 2.05) is 13.8 Å². The van der Waals surface area contributed by atoms with Crippen molar-refractivity contribution in [1.82, 2.24) is 25.6 Å². The van der Waals surface area contributed by atoms with Crippen molar-refractivity contribution in [1.29, 1.82) is 0 Å². The van der Waals surface area contributed by atoms with Crippen molar-refractivity contribution in [2.45, 2.75) is 45.8 Å². The molecule has 3 N–H and O–H groups in total. The number of likely N-dealkylation sites (tertiary alicyclic amines) is 1. The van der Waals surface area contributed by atoms with Gasteiger partial charge >= 0.3 is 0 Å². The molecule has 2 aromatic heterocycles. The van der Waals surface area contributed by atoms with Crippen molar-refractivity contribution in [2.24, 2.45) is 0 Å². The molecule has 1 fully saturated rings. The van der Waals surface area contributed by atoms with E-state index in [1.54, 1.807) is 6.07 Å². The molecule has 136 valence electrons. The van der Waals surface area contributed by atoms with Gasteiger partial charge in [0.2, 0.25) is 0 Å². The Balaban J connectivity index is 1.49. The summed E-state index contributed by atoms with van der Waals surface area (Å²) in [6.07, 6.45) is 2.25. The lowest BCUT2D eigenvalue weighted by molar-refractivity contribution is 0.0622. The molecule has 8 nitrogen and oxygen atoms in total. The zero-order chi connectivity index (χ0) is 17.8. The average molecular weight is 347 g/mol. The number of carbonyl (C=O) groups is 1. The van der Waals surface area contributed by atoms with Crippen LogP contribution in [0.3, 0.4) is 0 Å². The number of piperidine rings is 1. The number of β-amino-alcohol motifs (C(OH)–C–C–N with tert-alkyl or cyclic N) is 1. The largest absolute Gasteiger partial charge is 0.392 e. The third kappa shape index (κ3) is 4.46. The zero-order valence-corrected chi connectivity index (χ0v) is 14.7. The normalized spacial score (nSPS) is 18.4. The summed E-state index contributed by atoms with van der Waals surface area (Å²) in [4.78, 5) is 14.3. The smallest absolute Gasteiger partial charge is 0.273 e. The van der Waals surface area contributed by atoms with Crippen molar-refractivity contribution < 1.29 is 14.4 Å². The number of carbonyl (C=O) groups excluding carboxylic acids is 1. The van der Waals surface area contributed by atoms with E-state index in [2.05, 4.69) is 25.6 Å². The lowest BCUT2D eigenvalue weighted by Gasteiger charge is -2.28. The Morgan fingerprint density at radius 1 is 1.52 bits per heavy atom. The summed E-state index contributed by atoms with van der Waals surface area (Å²) in [7, 11) is 0. The van der Waals surface area contributed by atoms with Gasteiger partial charge in [-0.25, -0.2) is 0 Å². The molecule has 0 aromatic carbocycles. The molecular weight excluding hydrogens is 322 g/mol. The minimum absolute atomic E-state index is 0.243. The van der Waals surface area contributed by atoms with E-state index >= 15 is 0 Å². The molecule has 25 heavy (non-hydrogen) atoms. The van der Waals surface area contributed by atoms with E-state index in [0.29, 0.717) is 25.4 Å². The van der Waals surface area contributed by atoms with Gasteiger partial charge in [-0.15, -0.1) is 0 Å². The molecule has 2 aromatic rings. The second-order valence-corrected chi connectivity index (χ2v) is 6.63. The van der Waals surface area contributed by atoms with Crippen LogP contribution in [0, 0.1) is 13.8 Å². The Bertz CT molecular complexity index is 704. The predicted octanol–water partition coefficient (Wildman–Crippen LogP) is 0.944. The third-order valence-electron chi connectivity index (χ3n) is 4.59. The van der Waals surface area contributed by atoms with Crippen molar-refractivity contribution in [3.05, 3.63) is 34.5 Å². The molecule has 1 aliphatic rings. The molecule has 1 aliphatic heterocycles. The van der Waals surface area contributed by atoms with E-state index in [1.165, 1.54) is 0 Å². The number of aryl methyl sites for hydroxylation is 2. The fraction of sp³-hybridized carbons (Fsp3) is 0.588. The van der Waals surface area contributed by atoms with Gasteiger partial charge in [0, 0.05) is 24.8 Å². The van der Waals surface area contributed by atoms with Crippen LogP contribution in [0.4, 0.5) is 0 Å². The van der Waals surface area contributed by atoms with Crippen LogP contribution in [-0.2, 0) is 13.0 Å². The number of aromatic amines is 1. The summed E-state index contributed by atoms with van der Waals surface area (Å²) in [6.45, 7) is 6.54. The number of aliphatic hydroxyl groups excluding tert-OH is 1. The molecule has 0 spiro atoms. The molecule has 0 radical (unpaired) electrons. The highest BCUT2D eigenvalue weighted by Gasteiger charge is 2.20. The van der Waals surface area contributed by atoms with Crippen molar-refractivity contribution >= 4 is 5.91 Å². The first-order valence-corrected chi connectivity index (χ1v) is 8.67. The number of nitrogens with one attached hydrogen (secondary N) is 2. The maximum Gasteiger partial charge on any atom is 0.273 e. The van der Waals surface area contributed by atoms with Crippen molar-refractivity contribution in [3.63, 3.8) is 0 Å².